The Kier molecular flexibility index (Phi) is 6.76. The van der Waals surface area contributed by atoms with Gasteiger partial charge in [0.25, 0.3) is 0 Å². The quantitative estimate of drug-likeness (QED) is 0.674. The summed E-state index contributed by atoms with van der Waals surface area (Å²) in [7, 11) is -2.52. The molecule has 1 atom stereocenters. The molecule has 31 heavy (non-hydrogen) atoms. The van der Waals surface area contributed by atoms with Crippen LogP contribution in [0, 0.1) is 5.92 Å². The van der Waals surface area contributed by atoms with E-state index in [-0.39, 0.29) is 55.6 Å². The topological polar surface area (TPSA) is 105 Å². The van der Waals surface area contributed by atoms with Crippen molar-refractivity contribution in [3.63, 3.8) is 0 Å². The second-order valence-electron chi connectivity index (χ2n) is 7.16. The fourth-order valence-electron chi connectivity index (χ4n) is 3.43. The van der Waals surface area contributed by atoms with Crippen LogP contribution in [0.3, 0.4) is 0 Å². The average Bonchev–Trinajstić information content (AvgIpc) is 3.07. The maximum Gasteiger partial charge on any atom is 0.406 e. The highest BCUT2D eigenvalue weighted by Gasteiger charge is 2.40. The number of benzene rings is 1. The number of anilines is 1. The average molecular weight is 465 g/mol. The molecule has 172 valence electrons. The van der Waals surface area contributed by atoms with E-state index in [0.29, 0.717) is 4.90 Å². The van der Waals surface area contributed by atoms with E-state index in [1.54, 1.807) is 0 Å². The number of alkyl halides is 3. The van der Waals surface area contributed by atoms with Crippen molar-refractivity contribution in [2.75, 3.05) is 51.8 Å². The van der Waals surface area contributed by atoms with Gasteiger partial charge in [0, 0.05) is 26.1 Å². The molecule has 1 unspecified atom stereocenters. The lowest BCUT2D eigenvalue weighted by Gasteiger charge is -2.26. The molecule has 2 aliphatic rings. The number of nitrogens with zero attached hydrogens (tertiary/aromatic N) is 2. The molecule has 2 saturated heterocycles. The minimum absolute atomic E-state index is 0.0450. The van der Waals surface area contributed by atoms with Crippen molar-refractivity contribution in [2.24, 2.45) is 5.92 Å². The molecule has 2 aliphatic heterocycles. The van der Waals surface area contributed by atoms with Gasteiger partial charge in [-0.3, -0.25) is 9.59 Å². The second-order valence-corrected chi connectivity index (χ2v) is 9.10. The lowest BCUT2D eigenvalue weighted by Crippen LogP contribution is -2.40. The Balaban J connectivity index is 1.77. The largest absolute Gasteiger partial charge is 0.495 e. The molecular formula is C18H22F3N3O6S. The number of ether oxygens (including phenoxy) is 2. The molecule has 1 aromatic carbocycles. The fourth-order valence-corrected chi connectivity index (χ4v) is 4.87. The number of hydrogen-bond acceptors (Lipinski definition) is 6. The number of methoxy groups -OCH3 is 1. The Morgan fingerprint density at radius 3 is 2.58 bits per heavy atom. The van der Waals surface area contributed by atoms with E-state index in [2.05, 4.69) is 5.32 Å². The number of likely N-dealkylation sites (tertiary alicyclic amines) is 1. The van der Waals surface area contributed by atoms with Gasteiger partial charge in [0.15, 0.2) is 0 Å². The summed E-state index contributed by atoms with van der Waals surface area (Å²) in [6.45, 7) is -0.888. The van der Waals surface area contributed by atoms with Gasteiger partial charge in [-0.1, -0.05) is 0 Å². The van der Waals surface area contributed by atoms with Gasteiger partial charge in [0.2, 0.25) is 21.8 Å². The minimum Gasteiger partial charge on any atom is -0.495 e. The van der Waals surface area contributed by atoms with Gasteiger partial charge in [-0.2, -0.15) is 17.5 Å². The van der Waals surface area contributed by atoms with Crippen molar-refractivity contribution < 1.29 is 40.7 Å². The first-order valence-corrected chi connectivity index (χ1v) is 10.9. The molecule has 13 heteroatoms. The zero-order valence-corrected chi connectivity index (χ0v) is 17.5. The number of carbonyl (C=O) groups is 2. The molecule has 1 N–H and O–H groups in total. The Hall–Kier alpha value is -2.38. The van der Waals surface area contributed by atoms with Gasteiger partial charge >= 0.3 is 6.18 Å². The molecule has 0 bridgehead atoms. The smallest absolute Gasteiger partial charge is 0.406 e. The Bertz CT molecular complexity index is 947. The zero-order chi connectivity index (χ0) is 22.8. The van der Waals surface area contributed by atoms with Gasteiger partial charge in [-0.05, 0) is 18.2 Å². The number of carbonyl (C=O) groups excluding carboxylic acids is 2. The summed E-state index contributed by atoms with van der Waals surface area (Å²) in [4.78, 5) is 24.9. The number of rotatable bonds is 6. The second kappa shape index (κ2) is 9.01. The molecule has 0 aromatic heterocycles. The maximum atomic E-state index is 12.9. The lowest BCUT2D eigenvalue weighted by molar-refractivity contribution is -0.157. The molecule has 3 rings (SSSR count). The van der Waals surface area contributed by atoms with Crippen LogP contribution < -0.4 is 10.1 Å². The van der Waals surface area contributed by atoms with Crippen LogP contribution in [0.15, 0.2) is 23.1 Å². The highest BCUT2D eigenvalue weighted by molar-refractivity contribution is 7.89. The molecular weight excluding hydrogens is 443 g/mol. The monoisotopic (exact) mass is 465 g/mol. The SMILES string of the molecule is COc1ccc(S(=O)(=O)N2CCOCC2)cc1NC(=O)C1CC(=O)N(CC(F)(F)F)C1. The van der Waals surface area contributed by atoms with E-state index in [1.807, 2.05) is 0 Å². The molecule has 0 spiro atoms. The van der Waals surface area contributed by atoms with Crippen molar-refractivity contribution in [1.29, 1.82) is 0 Å². The number of amides is 2. The Morgan fingerprint density at radius 2 is 1.97 bits per heavy atom. The van der Waals surface area contributed by atoms with Crippen molar-refractivity contribution in [2.45, 2.75) is 17.5 Å². The maximum absolute atomic E-state index is 12.9. The molecule has 2 heterocycles. The van der Waals surface area contributed by atoms with E-state index in [4.69, 9.17) is 9.47 Å². The van der Waals surface area contributed by atoms with Gasteiger partial charge in [-0.15, -0.1) is 0 Å². The summed E-state index contributed by atoms with van der Waals surface area (Å²) in [5, 5.41) is 2.49. The van der Waals surface area contributed by atoms with Crippen molar-refractivity contribution in [1.82, 2.24) is 9.21 Å². The van der Waals surface area contributed by atoms with Crippen LogP contribution in [-0.4, -0.2) is 82.1 Å². The van der Waals surface area contributed by atoms with Crippen LogP contribution in [0.1, 0.15) is 6.42 Å². The highest BCUT2D eigenvalue weighted by Crippen LogP contribution is 2.31. The van der Waals surface area contributed by atoms with E-state index >= 15 is 0 Å². The number of halogens is 3. The number of nitrogens with one attached hydrogen (secondary N) is 1. The number of hydrogen-bond donors (Lipinski definition) is 1. The minimum atomic E-state index is -4.56. The summed E-state index contributed by atoms with van der Waals surface area (Å²) in [6, 6.07) is 3.94. The summed E-state index contributed by atoms with van der Waals surface area (Å²) < 4.78 is 75.1. The highest BCUT2D eigenvalue weighted by atomic mass is 32.2. The van der Waals surface area contributed by atoms with Gasteiger partial charge in [0.1, 0.15) is 12.3 Å². The molecule has 0 radical (unpaired) electrons. The molecule has 2 amide bonds. The molecule has 9 nitrogen and oxygen atoms in total. The van der Waals surface area contributed by atoms with Gasteiger partial charge < -0.3 is 19.7 Å². The lowest BCUT2D eigenvalue weighted by atomic mass is 10.1. The predicted molar refractivity (Wildman–Crippen MR) is 102 cm³/mol. The summed E-state index contributed by atoms with van der Waals surface area (Å²) in [5.74, 6) is -2.30. The van der Waals surface area contributed by atoms with Crippen molar-refractivity contribution >= 4 is 27.5 Å². The van der Waals surface area contributed by atoms with Crippen LogP contribution in [0.5, 0.6) is 5.75 Å². The number of sulfonamides is 1. The van der Waals surface area contributed by atoms with E-state index in [0.717, 1.165) is 0 Å². The summed E-state index contributed by atoms with van der Waals surface area (Å²) in [5.41, 5.74) is 0.0450. The third kappa shape index (κ3) is 5.46. The molecule has 1 aromatic rings. The van der Waals surface area contributed by atoms with Gasteiger partial charge in [0.05, 0.1) is 36.8 Å². The standard InChI is InChI=1S/C18H22F3N3O6S/c1-29-15-3-2-13(31(27,28)24-4-6-30-7-5-24)9-14(15)22-17(26)12-8-16(25)23(10-12)11-18(19,20)21/h2-3,9,12H,4-8,10-11H2,1H3,(H,22,26). The van der Waals surface area contributed by atoms with Crippen LogP contribution in [0.2, 0.25) is 0 Å². The van der Waals surface area contributed by atoms with Crippen LogP contribution >= 0.6 is 0 Å². The predicted octanol–water partition coefficient (Wildman–Crippen LogP) is 1.07. The first kappa shape index (κ1) is 23.3. The van der Waals surface area contributed by atoms with Crippen LogP contribution in [0.25, 0.3) is 0 Å². The molecule has 2 fully saturated rings. The van der Waals surface area contributed by atoms with E-state index < -0.39 is 40.5 Å². The third-order valence-corrected chi connectivity index (χ3v) is 6.89. The zero-order valence-electron chi connectivity index (χ0n) is 16.6. The van der Waals surface area contributed by atoms with E-state index in [9.17, 15) is 31.2 Å². The normalized spacial score (nSPS) is 20.7. The van der Waals surface area contributed by atoms with Crippen LogP contribution in [-0.2, 0) is 24.3 Å². The van der Waals surface area contributed by atoms with Gasteiger partial charge in [-0.25, -0.2) is 8.42 Å². The molecule has 0 aliphatic carbocycles. The summed E-state index contributed by atoms with van der Waals surface area (Å²) in [6.07, 6.45) is -4.93. The first-order valence-electron chi connectivity index (χ1n) is 9.42. The van der Waals surface area contributed by atoms with Crippen molar-refractivity contribution in [3.05, 3.63) is 18.2 Å². The van der Waals surface area contributed by atoms with Crippen LogP contribution in [0.4, 0.5) is 18.9 Å². The van der Waals surface area contributed by atoms with Crippen molar-refractivity contribution in [3.8, 4) is 5.75 Å². The molecule has 0 saturated carbocycles. The third-order valence-electron chi connectivity index (χ3n) is 4.99. The summed E-state index contributed by atoms with van der Waals surface area (Å²) >= 11 is 0. The Labute approximate surface area is 177 Å². The first-order chi connectivity index (χ1) is 14.5. The fraction of sp³-hybridized carbons (Fsp3) is 0.556. The Morgan fingerprint density at radius 1 is 1.29 bits per heavy atom. The number of morpholine rings is 1. The van der Waals surface area contributed by atoms with E-state index in [1.165, 1.54) is 29.6 Å².